The van der Waals surface area contributed by atoms with Crippen molar-refractivity contribution in [2.75, 3.05) is 0 Å². The lowest BCUT2D eigenvalue weighted by Gasteiger charge is -2.20. The molecule has 0 N–H and O–H groups in total. The minimum absolute atomic E-state index is 0.491. The number of hydrogen-bond donors (Lipinski definition) is 0. The van der Waals surface area contributed by atoms with E-state index in [1.165, 1.54) is 45.4 Å². The lowest BCUT2D eigenvalue weighted by Crippen LogP contribution is -1.99. The zero-order valence-electron chi connectivity index (χ0n) is 17.5. The molecule has 0 heterocycles. The Balaban J connectivity index is 1.97. The maximum Gasteiger partial charge on any atom is -0.00549 e. The predicted octanol–water partition coefficient (Wildman–Crippen LogP) is 8.13. The van der Waals surface area contributed by atoms with Crippen LogP contribution in [0.4, 0.5) is 0 Å². The summed E-state index contributed by atoms with van der Waals surface area (Å²) in [7, 11) is 0. The topological polar surface area (TPSA) is 0 Å². The van der Waals surface area contributed by atoms with Crippen LogP contribution in [0.15, 0.2) is 72.3 Å². The van der Waals surface area contributed by atoms with E-state index in [0.29, 0.717) is 11.8 Å². The van der Waals surface area contributed by atoms with E-state index in [0.717, 1.165) is 6.42 Å². The lowest BCUT2D eigenvalue weighted by molar-refractivity contribution is 0.647. The highest BCUT2D eigenvalue weighted by molar-refractivity contribution is 5.91. The van der Waals surface area contributed by atoms with Crippen LogP contribution in [0.3, 0.4) is 0 Å². The van der Waals surface area contributed by atoms with Gasteiger partial charge in [-0.25, -0.2) is 0 Å². The zero-order valence-corrected chi connectivity index (χ0v) is 17.5. The van der Waals surface area contributed by atoms with Crippen molar-refractivity contribution in [3.63, 3.8) is 0 Å². The molecule has 0 saturated heterocycles. The van der Waals surface area contributed by atoms with Crippen LogP contribution in [0, 0.1) is 5.92 Å². The summed E-state index contributed by atoms with van der Waals surface area (Å²) >= 11 is 0. The number of fused-ring (bicyclic) bond motifs is 1. The molecule has 1 atom stereocenters. The Kier molecular flexibility index (Phi) is 5.22. The molecule has 1 aliphatic carbocycles. The molecule has 1 aliphatic rings. The molecule has 3 aromatic rings. The van der Waals surface area contributed by atoms with E-state index >= 15 is 0 Å². The highest BCUT2D eigenvalue weighted by Crippen LogP contribution is 2.44. The summed E-state index contributed by atoms with van der Waals surface area (Å²) in [5.41, 5.74) is 11.4. The van der Waals surface area contributed by atoms with Crippen molar-refractivity contribution in [3.8, 4) is 22.3 Å². The van der Waals surface area contributed by atoms with Crippen molar-refractivity contribution in [1.29, 1.82) is 0 Å². The van der Waals surface area contributed by atoms with Gasteiger partial charge in [0.25, 0.3) is 0 Å². The van der Waals surface area contributed by atoms with E-state index in [1.54, 1.807) is 5.57 Å². The third-order valence-electron chi connectivity index (χ3n) is 6.24. The number of hydrogen-bond acceptors (Lipinski definition) is 0. The van der Waals surface area contributed by atoms with Gasteiger partial charge in [0.15, 0.2) is 0 Å². The monoisotopic (exact) mass is 366 g/mol. The van der Waals surface area contributed by atoms with Gasteiger partial charge in [-0.2, -0.15) is 0 Å². The summed E-state index contributed by atoms with van der Waals surface area (Å²) in [5.74, 6) is 1.14. The van der Waals surface area contributed by atoms with Crippen LogP contribution < -0.4 is 0 Å². The second kappa shape index (κ2) is 7.80. The van der Waals surface area contributed by atoms with Gasteiger partial charge in [0.05, 0.1) is 0 Å². The van der Waals surface area contributed by atoms with Gasteiger partial charge in [0.2, 0.25) is 0 Å². The van der Waals surface area contributed by atoms with Crippen molar-refractivity contribution in [3.05, 3.63) is 89.0 Å². The molecule has 0 aliphatic heterocycles. The SMILES string of the molecule is CCC(C)C1=Cc2c(ccc(C(C)C)c2-c2ccccc2-c2ccccc2)C1. The highest BCUT2D eigenvalue weighted by atomic mass is 14.3. The molecule has 0 amide bonds. The Labute approximate surface area is 169 Å². The van der Waals surface area contributed by atoms with Gasteiger partial charge in [0, 0.05) is 0 Å². The fourth-order valence-corrected chi connectivity index (χ4v) is 4.39. The fraction of sp³-hybridized carbons (Fsp3) is 0.286. The third-order valence-corrected chi connectivity index (χ3v) is 6.24. The minimum atomic E-state index is 0.491. The molecule has 0 spiro atoms. The van der Waals surface area contributed by atoms with E-state index in [1.807, 2.05) is 0 Å². The van der Waals surface area contributed by atoms with Gasteiger partial charge < -0.3 is 0 Å². The Morgan fingerprint density at radius 1 is 0.786 bits per heavy atom. The van der Waals surface area contributed by atoms with Crippen molar-refractivity contribution in [2.24, 2.45) is 5.92 Å². The van der Waals surface area contributed by atoms with Crippen LogP contribution in [0.1, 0.15) is 56.7 Å². The first-order chi connectivity index (χ1) is 13.6. The van der Waals surface area contributed by atoms with Crippen LogP contribution in [0.25, 0.3) is 28.3 Å². The second-order valence-corrected chi connectivity index (χ2v) is 8.37. The van der Waals surface area contributed by atoms with Crippen molar-refractivity contribution in [2.45, 2.75) is 46.5 Å². The quantitative estimate of drug-likeness (QED) is 0.427. The van der Waals surface area contributed by atoms with E-state index in [9.17, 15) is 0 Å². The normalized spacial score (nSPS) is 14.1. The number of rotatable bonds is 5. The summed E-state index contributed by atoms with van der Waals surface area (Å²) in [6.45, 7) is 9.27. The predicted molar refractivity (Wildman–Crippen MR) is 123 cm³/mol. The number of allylic oxidation sites excluding steroid dienone is 1. The van der Waals surface area contributed by atoms with Crippen molar-refractivity contribution >= 4 is 6.08 Å². The van der Waals surface area contributed by atoms with Crippen molar-refractivity contribution in [1.82, 2.24) is 0 Å². The number of benzene rings is 3. The molecule has 0 fully saturated rings. The molecular formula is C28H30. The van der Waals surface area contributed by atoms with Gasteiger partial charge in [0.1, 0.15) is 0 Å². The molecule has 28 heavy (non-hydrogen) atoms. The smallest absolute Gasteiger partial charge is 0.00549 e. The Hall–Kier alpha value is -2.60. The van der Waals surface area contributed by atoms with E-state index in [2.05, 4.69) is 101 Å². The highest BCUT2D eigenvalue weighted by Gasteiger charge is 2.24. The van der Waals surface area contributed by atoms with Crippen LogP contribution in [0.2, 0.25) is 0 Å². The average molecular weight is 367 g/mol. The van der Waals surface area contributed by atoms with Crippen molar-refractivity contribution < 1.29 is 0 Å². The van der Waals surface area contributed by atoms with Crippen LogP contribution >= 0.6 is 0 Å². The summed E-state index contributed by atoms with van der Waals surface area (Å²) in [6, 6.07) is 24.4. The largest absolute Gasteiger partial charge is 0.0648 e. The molecule has 0 aromatic heterocycles. The maximum atomic E-state index is 2.49. The first-order valence-electron chi connectivity index (χ1n) is 10.6. The minimum Gasteiger partial charge on any atom is -0.0648 e. The summed E-state index contributed by atoms with van der Waals surface area (Å²) in [5, 5.41) is 0. The van der Waals surface area contributed by atoms with Gasteiger partial charge in [-0.1, -0.05) is 106 Å². The lowest BCUT2D eigenvalue weighted by atomic mass is 9.84. The summed E-state index contributed by atoms with van der Waals surface area (Å²) in [4.78, 5) is 0. The molecule has 1 unspecified atom stereocenters. The molecule has 0 nitrogen and oxygen atoms in total. The van der Waals surface area contributed by atoms with Crippen LogP contribution in [-0.2, 0) is 6.42 Å². The fourth-order valence-electron chi connectivity index (χ4n) is 4.39. The first kappa shape index (κ1) is 18.7. The van der Waals surface area contributed by atoms with Crippen LogP contribution in [0.5, 0.6) is 0 Å². The second-order valence-electron chi connectivity index (χ2n) is 8.37. The van der Waals surface area contributed by atoms with Gasteiger partial charge in [-0.05, 0) is 63.6 Å². The average Bonchev–Trinajstić information content (AvgIpc) is 3.17. The third kappa shape index (κ3) is 3.33. The molecule has 142 valence electrons. The standard InChI is InChI=1S/C28H30/c1-5-20(4)23-17-22-15-16-24(19(2)3)28(27(22)18-23)26-14-10-9-13-25(26)21-11-7-6-8-12-21/h6-16,18-20H,5,17H2,1-4H3. The van der Waals surface area contributed by atoms with E-state index < -0.39 is 0 Å². The molecule has 4 rings (SSSR count). The van der Waals surface area contributed by atoms with E-state index in [-0.39, 0.29) is 0 Å². The molecule has 0 bridgehead atoms. The van der Waals surface area contributed by atoms with Gasteiger partial charge in [-0.15, -0.1) is 0 Å². The molecule has 0 heteroatoms. The first-order valence-corrected chi connectivity index (χ1v) is 10.6. The summed E-state index contributed by atoms with van der Waals surface area (Å²) in [6.07, 6.45) is 4.79. The summed E-state index contributed by atoms with van der Waals surface area (Å²) < 4.78 is 0. The van der Waals surface area contributed by atoms with Crippen LogP contribution in [-0.4, -0.2) is 0 Å². The molecular weight excluding hydrogens is 336 g/mol. The Morgan fingerprint density at radius 2 is 1.46 bits per heavy atom. The molecule has 0 saturated carbocycles. The maximum absolute atomic E-state index is 2.49. The van der Waals surface area contributed by atoms with Gasteiger partial charge in [-0.3, -0.25) is 0 Å². The molecule has 0 radical (unpaired) electrons. The van der Waals surface area contributed by atoms with Gasteiger partial charge >= 0.3 is 0 Å². The Bertz CT molecular complexity index is 1010. The molecule has 3 aromatic carbocycles. The zero-order chi connectivity index (χ0) is 19.7. The Morgan fingerprint density at radius 3 is 2.14 bits per heavy atom. The van der Waals surface area contributed by atoms with E-state index in [4.69, 9.17) is 0 Å².